The normalized spacial score (nSPS) is 12.1. The molecule has 5 nitrogen and oxygen atoms in total. The summed E-state index contributed by atoms with van der Waals surface area (Å²) in [4.78, 5) is 27.3. The van der Waals surface area contributed by atoms with Crippen molar-refractivity contribution in [3.8, 4) is 0 Å². The lowest BCUT2D eigenvalue weighted by Gasteiger charge is -2.22. The second-order valence-electron chi connectivity index (χ2n) is 6.97. The van der Waals surface area contributed by atoms with Crippen molar-refractivity contribution < 1.29 is 14.0 Å². The molecule has 6 heteroatoms. The fourth-order valence-electron chi connectivity index (χ4n) is 3.25. The monoisotopic (exact) mass is 398 g/mol. The molecular formula is C22H26N2O3S. The average Bonchev–Trinajstić information content (AvgIpc) is 3.34. The molecule has 0 saturated carbocycles. The van der Waals surface area contributed by atoms with Crippen molar-refractivity contribution >= 4 is 34.1 Å². The van der Waals surface area contributed by atoms with Gasteiger partial charge in [-0.2, -0.15) is 0 Å². The van der Waals surface area contributed by atoms with Crippen LogP contribution in [0.4, 0.5) is 0 Å². The number of benzene rings is 1. The van der Waals surface area contributed by atoms with E-state index in [0.717, 1.165) is 41.6 Å². The molecule has 0 fully saturated rings. The van der Waals surface area contributed by atoms with Gasteiger partial charge in [0.1, 0.15) is 17.4 Å². The lowest BCUT2D eigenvalue weighted by Crippen LogP contribution is -2.45. The Balaban J connectivity index is 1.73. The summed E-state index contributed by atoms with van der Waals surface area (Å²) < 4.78 is 6.05. The quantitative estimate of drug-likeness (QED) is 0.602. The summed E-state index contributed by atoms with van der Waals surface area (Å²) in [5.74, 6) is 0.594. The lowest BCUT2D eigenvalue weighted by molar-refractivity contribution is -0.132. The minimum absolute atomic E-state index is 0.128. The molecule has 0 aliphatic rings. The lowest BCUT2D eigenvalue weighted by atomic mass is 10.1. The predicted octanol–water partition coefficient (Wildman–Crippen LogP) is 4.61. The third-order valence-electron chi connectivity index (χ3n) is 4.77. The van der Waals surface area contributed by atoms with E-state index in [1.165, 1.54) is 11.3 Å². The highest BCUT2D eigenvalue weighted by molar-refractivity contribution is 7.12. The van der Waals surface area contributed by atoms with Gasteiger partial charge in [0.15, 0.2) is 0 Å². The molecule has 28 heavy (non-hydrogen) atoms. The van der Waals surface area contributed by atoms with Crippen molar-refractivity contribution in [2.75, 3.05) is 7.05 Å². The standard InChI is InChI=1S/C22H26N2O3S/c1-4-5-10-19-17(16-9-6-7-11-18(16)27-19)14-24(3)22(26)15(2)23-21(25)20-12-8-13-28-20/h6-9,11-13,15H,4-5,10,14H2,1-3H3,(H,23,25). The van der Waals surface area contributed by atoms with Crippen molar-refractivity contribution in [3.05, 3.63) is 58.0 Å². The highest BCUT2D eigenvalue weighted by Gasteiger charge is 2.23. The Hall–Kier alpha value is -2.60. The molecule has 2 heterocycles. The van der Waals surface area contributed by atoms with Gasteiger partial charge in [-0.25, -0.2) is 0 Å². The van der Waals surface area contributed by atoms with Gasteiger partial charge in [-0.3, -0.25) is 9.59 Å². The van der Waals surface area contributed by atoms with Gasteiger partial charge >= 0.3 is 0 Å². The van der Waals surface area contributed by atoms with E-state index in [-0.39, 0.29) is 11.8 Å². The number of furan rings is 1. The van der Waals surface area contributed by atoms with E-state index < -0.39 is 6.04 Å². The van der Waals surface area contributed by atoms with Crippen molar-refractivity contribution in [1.82, 2.24) is 10.2 Å². The third kappa shape index (κ3) is 4.44. The number of fused-ring (bicyclic) bond motifs is 1. The van der Waals surface area contributed by atoms with Crippen LogP contribution in [0, 0.1) is 0 Å². The van der Waals surface area contributed by atoms with Crippen LogP contribution >= 0.6 is 11.3 Å². The molecule has 2 aromatic heterocycles. The number of amides is 2. The molecular weight excluding hydrogens is 372 g/mol. The Morgan fingerprint density at radius 3 is 2.71 bits per heavy atom. The number of para-hydroxylation sites is 1. The maximum Gasteiger partial charge on any atom is 0.261 e. The SMILES string of the molecule is CCCCc1oc2ccccc2c1CN(C)C(=O)C(C)NC(=O)c1cccs1. The van der Waals surface area contributed by atoms with Gasteiger partial charge < -0.3 is 14.6 Å². The summed E-state index contributed by atoms with van der Waals surface area (Å²) >= 11 is 1.36. The fourth-order valence-corrected chi connectivity index (χ4v) is 3.87. The zero-order chi connectivity index (χ0) is 20.1. The van der Waals surface area contributed by atoms with E-state index >= 15 is 0 Å². The van der Waals surface area contributed by atoms with E-state index in [1.54, 1.807) is 24.9 Å². The smallest absolute Gasteiger partial charge is 0.261 e. The van der Waals surface area contributed by atoms with Crippen molar-refractivity contribution in [2.45, 2.75) is 45.7 Å². The average molecular weight is 399 g/mol. The van der Waals surface area contributed by atoms with Gasteiger partial charge in [0.05, 0.1) is 4.88 Å². The summed E-state index contributed by atoms with van der Waals surface area (Å²) in [5.41, 5.74) is 1.90. The van der Waals surface area contributed by atoms with Crippen LogP contribution in [0.5, 0.6) is 0 Å². The first-order valence-electron chi connectivity index (χ1n) is 9.59. The molecule has 0 radical (unpaired) electrons. The molecule has 0 saturated heterocycles. The first-order chi connectivity index (χ1) is 13.5. The van der Waals surface area contributed by atoms with Gasteiger partial charge in [-0.05, 0) is 30.9 Å². The summed E-state index contributed by atoms with van der Waals surface area (Å²) in [6.45, 7) is 4.32. The number of thiophene rings is 1. The van der Waals surface area contributed by atoms with Crippen LogP contribution < -0.4 is 5.32 Å². The number of aryl methyl sites for hydroxylation is 1. The summed E-state index contributed by atoms with van der Waals surface area (Å²) in [7, 11) is 1.77. The predicted molar refractivity (Wildman–Crippen MR) is 113 cm³/mol. The molecule has 0 bridgehead atoms. The number of hydrogen-bond acceptors (Lipinski definition) is 4. The topological polar surface area (TPSA) is 62.6 Å². The number of carbonyl (C=O) groups excluding carboxylic acids is 2. The minimum atomic E-state index is -0.600. The van der Waals surface area contributed by atoms with Crippen molar-refractivity contribution in [1.29, 1.82) is 0 Å². The maximum atomic E-state index is 12.8. The van der Waals surface area contributed by atoms with Gasteiger partial charge in [-0.15, -0.1) is 11.3 Å². The molecule has 1 aromatic carbocycles. The Labute approximate surface area is 169 Å². The van der Waals surface area contributed by atoms with Crippen LogP contribution in [-0.2, 0) is 17.8 Å². The van der Waals surface area contributed by atoms with Crippen molar-refractivity contribution in [3.63, 3.8) is 0 Å². The van der Waals surface area contributed by atoms with Crippen LogP contribution in [0.2, 0.25) is 0 Å². The number of nitrogens with zero attached hydrogens (tertiary/aromatic N) is 1. The minimum Gasteiger partial charge on any atom is -0.461 e. The Bertz CT molecular complexity index is 946. The summed E-state index contributed by atoms with van der Waals surface area (Å²) in [6, 6.07) is 10.9. The highest BCUT2D eigenvalue weighted by Crippen LogP contribution is 2.28. The van der Waals surface area contributed by atoms with Crippen molar-refractivity contribution in [2.24, 2.45) is 0 Å². The highest BCUT2D eigenvalue weighted by atomic mass is 32.1. The number of hydrogen-bond donors (Lipinski definition) is 1. The molecule has 2 amide bonds. The van der Waals surface area contributed by atoms with Crippen LogP contribution in [-0.4, -0.2) is 29.8 Å². The summed E-state index contributed by atoms with van der Waals surface area (Å²) in [6.07, 6.45) is 2.97. The van der Waals surface area contributed by atoms with E-state index in [1.807, 2.05) is 35.7 Å². The first-order valence-corrected chi connectivity index (χ1v) is 10.5. The molecule has 0 aliphatic carbocycles. The first kappa shape index (κ1) is 20.1. The van der Waals surface area contributed by atoms with Gasteiger partial charge in [0.2, 0.25) is 5.91 Å². The van der Waals surface area contributed by atoms with Crippen LogP contribution in [0.3, 0.4) is 0 Å². The molecule has 1 unspecified atom stereocenters. The molecule has 1 atom stereocenters. The number of likely N-dealkylation sites (N-methyl/N-ethyl adjacent to an activating group) is 1. The molecule has 148 valence electrons. The number of rotatable bonds is 8. The Morgan fingerprint density at radius 1 is 1.21 bits per heavy atom. The van der Waals surface area contributed by atoms with Crippen LogP contribution in [0.1, 0.15) is 47.7 Å². The molecule has 1 N–H and O–H groups in total. The summed E-state index contributed by atoms with van der Waals surface area (Å²) in [5, 5.41) is 5.67. The zero-order valence-electron chi connectivity index (χ0n) is 16.5. The fraction of sp³-hybridized carbons (Fsp3) is 0.364. The second kappa shape index (κ2) is 9.06. The largest absolute Gasteiger partial charge is 0.461 e. The molecule has 3 rings (SSSR count). The van der Waals surface area contributed by atoms with Gasteiger partial charge in [0.25, 0.3) is 5.91 Å². The Kier molecular flexibility index (Phi) is 6.52. The van der Waals surface area contributed by atoms with E-state index in [2.05, 4.69) is 12.2 Å². The van der Waals surface area contributed by atoms with Crippen LogP contribution in [0.25, 0.3) is 11.0 Å². The molecule has 0 aliphatic heterocycles. The maximum absolute atomic E-state index is 12.8. The molecule has 3 aromatic rings. The third-order valence-corrected chi connectivity index (χ3v) is 5.64. The van der Waals surface area contributed by atoms with Gasteiger partial charge in [-0.1, -0.05) is 37.6 Å². The zero-order valence-corrected chi connectivity index (χ0v) is 17.3. The Morgan fingerprint density at radius 2 is 2.00 bits per heavy atom. The second-order valence-corrected chi connectivity index (χ2v) is 7.92. The van der Waals surface area contributed by atoms with E-state index in [9.17, 15) is 9.59 Å². The number of carbonyl (C=O) groups is 2. The van der Waals surface area contributed by atoms with Gasteiger partial charge in [0, 0.05) is 31.0 Å². The van der Waals surface area contributed by atoms with E-state index in [0.29, 0.717) is 11.4 Å². The number of nitrogens with one attached hydrogen (secondary N) is 1. The molecule has 0 spiro atoms. The van der Waals surface area contributed by atoms with Crippen LogP contribution in [0.15, 0.2) is 46.2 Å². The van der Waals surface area contributed by atoms with E-state index in [4.69, 9.17) is 4.42 Å². The number of unbranched alkanes of at least 4 members (excludes halogenated alkanes) is 1.